The summed E-state index contributed by atoms with van der Waals surface area (Å²) in [6, 6.07) is 9.87. The highest BCUT2D eigenvalue weighted by molar-refractivity contribution is 5.32. The first-order valence-corrected chi connectivity index (χ1v) is 7.40. The Balaban J connectivity index is 1.82. The van der Waals surface area contributed by atoms with Crippen LogP contribution < -0.4 is 0 Å². The second-order valence-electron chi connectivity index (χ2n) is 5.87. The molecule has 1 aromatic heterocycles. The summed E-state index contributed by atoms with van der Waals surface area (Å²) < 4.78 is 1.75. The number of aromatic nitrogens is 3. The molecule has 1 saturated carbocycles. The van der Waals surface area contributed by atoms with Gasteiger partial charge in [-0.25, -0.2) is 4.68 Å². The van der Waals surface area contributed by atoms with Crippen molar-refractivity contribution in [1.29, 1.82) is 0 Å². The zero-order valence-corrected chi connectivity index (χ0v) is 11.8. The van der Waals surface area contributed by atoms with E-state index in [2.05, 4.69) is 17.2 Å². The Morgan fingerprint density at radius 1 is 1.15 bits per heavy atom. The van der Waals surface area contributed by atoms with Crippen LogP contribution in [0.2, 0.25) is 0 Å². The lowest BCUT2D eigenvalue weighted by atomic mass is 9.79. The Kier molecular flexibility index (Phi) is 3.83. The van der Waals surface area contributed by atoms with E-state index in [4.69, 9.17) is 0 Å². The van der Waals surface area contributed by atoms with Crippen LogP contribution in [0.15, 0.2) is 36.5 Å². The molecular weight excluding hydrogens is 250 g/mol. The summed E-state index contributed by atoms with van der Waals surface area (Å²) in [5.41, 5.74) is 1.75. The number of aliphatic hydroxyl groups is 1. The zero-order chi connectivity index (χ0) is 13.9. The van der Waals surface area contributed by atoms with Crippen LogP contribution in [0.25, 0.3) is 5.69 Å². The van der Waals surface area contributed by atoms with Crippen molar-refractivity contribution in [1.82, 2.24) is 15.0 Å². The van der Waals surface area contributed by atoms with Gasteiger partial charge in [-0.1, -0.05) is 43.2 Å². The molecule has 4 heteroatoms. The van der Waals surface area contributed by atoms with Crippen LogP contribution in [0, 0.1) is 11.8 Å². The molecule has 3 rings (SSSR count). The summed E-state index contributed by atoms with van der Waals surface area (Å²) >= 11 is 0. The van der Waals surface area contributed by atoms with Crippen LogP contribution in [-0.4, -0.2) is 20.1 Å². The molecule has 0 bridgehead atoms. The summed E-state index contributed by atoms with van der Waals surface area (Å²) in [6.07, 6.45) is 5.79. The topological polar surface area (TPSA) is 50.9 Å². The second kappa shape index (κ2) is 5.75. The molecule has 0 spiro atoms. The van der Waals surface area contributed by atoms with E-state index in [1.165, 1.54) is 12.8 Å². The maximum absolute atomic E-state index is 10.7. The third-order valence-electron chi connectivity index (χ3n) is 4.39. The van der Waals surface area contributed by atoms with E-state index < -0.39 is 6.10 Å². The third kappa shape index (κ3) is 2.61. The number of benzene rings is 1. The average molecular weight is 271 g/mol. The fraction of sp³-hybridized carbons (Fsp3) is 0.500. The smallest absolute Gasteiger partial charge is 0.101 e. The number of nitrogens with zero attached hydrogens (tertiary/aromatic N) is 3. The van der Waals surface area contributed by atoms with E-state index in [0.717, 1.165) is 30.1 Å². The van der Waals surface area contributed by atoms with Crippen LogP contribution in [0.5, 0.6) is 0 Å². The van der Waals surface area contributed by atoms with Gasteiger partial charge in [0, 0.05) is 0 Å². The maximum Gasteiger partial charge on any atom is 0.101 e. The maximum atomic E-state index is 10.7. The molecule has 4 nitrogen and oxygen atoms in total. The van der Waals surface area contributed by atoms with Gasteiger partial charge in [0.05, 0.1) is 17.6 Å². The van der Waals surface area contributed by atoms with Crippen molar-refractivity contribution in [2.24, 2.45) is 11.8 Å². The minimum Gasteiger partial charge on any atom is -0.386 e. The molecular formula is C16H21N3O. The number of hydrogen-bond acceptors (Lipinski definition) is 3. The molecule has 106 valence electrons. The highest BCUT2D eigenvalue weighted by Gasteiger charge is 2.28. The number of para-hydroxylation sites is 1. The van der Waals surface area contributed by atoms with Gasteiger partial charge < -0.3 is 5.11 Å². The van der Waals surface area contributed by atoms with E-state index >= 15 is 0 Å². The molecule has 0 saturated heterocycles. The molecule has 1 atom stereocenters. The molecule has 0 radical (unpaired) electrons. The molecule has 1 unspecified atom stereocenters. The molecule has 1 fully saturated rings. The van der Waals surface area contributed by atoms with Crippen LogP contribution >= 0.6 is 0 Å². The molecule has 1 aromatic carbocycles. The van der Waals surface area contributed by atoms with E-state index in [1.54, 1.807) is 10.9 Å². The largest absolute Gasteiger partial charge is 0.386 e. The average Bonchev–Trinajstić information content (AvgIpc) is 2.97. The standard InChI is InChI=1S/C16H21N3O/c1-12-7-9-13(10-8-12)16(20)15-11-17-18-19(15)14-5-3-2-4-6-14/h2-6,11-13,16,20H,7-10H2,1H3. The van der Waals surface area contributed by atoms with Crippen molar-refractivity contribution in [3.63, 3.8) is 0 Å². The molecule has 0 amide bonds. The Morgan fingerprint density at radius 2 is 1.85 bits per heavy atom. The van der Waals surface area contributed by atoms with Crippen molar-refractivity contribution in [3.8, 4) is 5.69 Å². The van der Waals surface area contributed by atoms with Crippen molar-refractivity contribution in [2.75, 3.05) is 0 Å². The summed E-state index contributed by atoms with van der Waals surface area (Å²) in [7, 11) is 0. The minimum absolute atomic E-state index is 0.326. The summed E-state index contributed by atoms with van der Waals surface area (Å²) in [4.78, 5) is 0. The second-order valence-corrected chi connectivity index (χ2v) is 5.87. The Morgan fingerprint density at radius 3 is 2.55 bits per heavy atom. The molecule has 1 heterocycles. The summed E-state index contributed by atoms with van der Waals surface area (Å²) in [5.74, 6) is 1.11. The highest BCUT2D eigenvalue weighted by Crippen LogP contribution is 2.36. The minimum atomic E-state index is -0.474. The first-order valence-electron chi connectivity index (χ1n) is 7.40. The number of rotatable bonds is 3. The van der Waals surface area contributed by atoms with E-state index in [9.17, 15) is 5.11 Å². The van der Waals surface area contributed by atoms with Gasteiger partial charge >= 0.3 is 0 Å². The van der Waals surface area contributed by atoms with Crippen molar-refractivity contribution < 1.29 is 5.11 Å². The van der Waals surface area contributed by atoms with Crippen LogP contribution in [-0.2, 0) is 0 Å². The van der Waals surface area contributed by atoms with Gasteiger partial charge in [-0.05, 0) is 36.8 Å². The van der Waals surface area contributed by atoms with Crippen molar-refractivity contribution in [3.05, 3.63) is 42.2 Å². The van der Waals surface area contributed by atoms with Gasteiger partial charge in [0.15, 0.2) is 0 Å². The normalized spacial score (nSPS) is 24.5. The Hall–Kier alpha value is -1.68. The first-order chi connectivity index (χ1) is 9.75. The lowest BCUT2D eigenvalue weighted by Crippen LogP contribution is -2.21. The Bertz CT molecular complexity index is 544. The van der Waals surface area contributed by atoms with Gasteiger partial charge in [-0.3, -0.25) is 0 Å². The Labute approximate surface area is 119 Å². The molecule has 20 heavy (non-hydrogen) atoms. The van der Waals surface area contributed by atoms with Gasteiger partial charge in [-0.15, -0.1) is 5.10 Å². The van der Waals surface area contributed by atoms with E-state index in [0.29, 0.717) is 5.92 Å². The lowest BCUT2D eigenvalue weighted by Gasteiger charge is -2.29. The van der Waals surface area contributed by atoms with Crippen LogP contribution in [0.3, 0.4) is 0 Å². The molecule has 0 aliphatic heterocycles. The van der Waals surface area contributed by atoms with Crippen LogP contribution in [0.1, 0.15) is 44.4 Å². The fourth-order valence-electron chi connectivity index (χ4n) is 3.06. The lowest BCUT2D eigenvalue weighted by molar-refractivity contribution is 0.0701. The van der Waals surface area contributed by atoms with E-state index in [1.807, 2.05) is 30.3 Å². The molecule has 1 aliphatic carbocycles. The SMILES string of the molecule is CC1CCC(C(O)c2cnnn2-c2ccccc2)CC1. The first kappa shape index (κ1) is 13.3. The van der Waals surface area contributed by atoms with Gasteiger partial charge in [0.1, 0.15) is 6.10 Å². The van der Waals surface area contributed by atoms with Gasteiger partial charge in [0.25, 0.3) is 0 Å². The van der Waals surface area contributed by atoms with Crippen molar-refractivity contribution >= 4 is 0 Å². The quantitative estimate of drug-likeness (QED) is 0.933. The number of hydrogen-bond donors (Lipinski definition) is 1. The fourth-order valence-corrected chi connectivity index (χ4v) is 3.06. The predicted octanol–water partition coefficient (Wildman–Crippen LogP) is 3.13. The number of aliphatic hydroxyl groups excluding tert-OH is 1. The highest BCUT2D eigenvalue weighted by atomic mass is 16.3. The van der Waals surface area contributed by atoms with E-state index in [-0.39, 0.29) is 0 Å². The zero-order valence-electron chi connectivity index (χ0n) is 11.8. The van der Waals surface area contributed by atoms with Crippen molar-refractivity contribution in [2.45, 2.75) is 38.7 Å². The summed E-state index contributed by atoms with van der Waals surface area (Å²) in [5, 5.41) is 18.8. The molecule has 1 N–H and O–H groups in total. The molecule has 2 aromatic rings. The molecule has 1 aliphatic rings. The predicted molar refractivity (Wildman–Crippen MR) is 77.4 cm³/mol. The summed E-state index contributed by atoms with van der Waals surface area (Å²) in [6.45, 7) is 2.29. The van der Waals surface area contributed by atoms with Gasteiger partial charge in [0.2, 0.25) is 0 Å². The van der Waals surface area contributed by atoms with Crippen LogP contribution in [0.4, 0.5) is 0 Å². The monoisotopic (exact) mass is 271 g/mol. The van der Waals surface area contributed by atoms with Gasteiger partial charge in [-0.2, -0.15) is 0 Å². The third-order valence-corrected chi connectivity index (χ3v) is 4.39.